The minimum absolute atomic E-state index is 0.00945. The van der Waals surface area contributed by atoms with E-state index in [1.165, 1.54) is 0 Å². The third kappa shape index (κ3) is 3.87. The van der Waals surface area contributed by atoms with Crippen LogP contribution >= 0.6 is 0 Å². The highest BCUT2D eigenvalue weighted by atomic mass is 16.5. The van der Waals surface area contributed by atoms with E-state index >= 15 is 0 Å². The van der Waals surface area contributed by atoms with Crippen molar-refractivity contribution in [1.29, 1.82) is 0 Å². The predicted octanol–water partition coefficient (Wildman–Crippen LogP) is 2.07. The summed E-state index contributed by atoms with van der Waals surface area (Å²) in [4.78, 5) is 12.2. The van der Waals surface area contributed by atoms with Crippen molar-refractivity contribution in [3.8, 4) is 0 Å². The summed E-state index contributed by atoms with van der Waals surface area (Å²) in [6, 6.07) is 5.76. The van der Waals surface area contributed by atoms with Gasteiger partial charge in [0, 0.05) is 33.4 Å². The lowest BCUT2D eigenvalue weighted by molar-refractivity contribution is 0.0953. The first-order chi connectivity index (χ1) is 9.83. The van der Waals surface area contributed by atoms with Crippen LogP contribution < -0.4 is 16.0 Å². The minimum Gasteiger partial charge on any atom is -0.385 e. The average molecular weight is 277 g/mol. The maximum Gasteiger partial charge on any atom is 0.253 e. The van der Waals surface area contributed by atoms with Gasteiger partial charge in [0.1, 0.15) is 0 Å². The molecule has 0 saturated heterocycles. The third-order valence-electron chi connectivity index (χ3n) is 3.36. The van der Waals surface area contributed by atoms with Gasteiger partial charge in [-0.25, -0.2) is 0 Å². The number of amides is 1. The Labute approximate surface area is 120 Å². The molecule has 0 saturated carbocycles. The number of carbonyl (C=O) groups is 1. The zero-order valence-corrected chi connectivity index (χ0v) is 12.0. The van der Waals surface area contributed by atoms with Gasteiger partial charge in [0.15, 0.2) is 0 Å². The maximum atomic E-state index is 12.2. The Morgan fingerprint density at radius 2 is 2.10 bits per heavy atom. The number of nitrogens with one attached hydrogen (secondary N) is 3. The first-order valence-corrected chi connectivity index (χ1v) is 7.21. The average Bonchev–Trinajstić information content (AvgIpc) is 2.50. The Balaban J connectivity index is 1.83. The van der Waals surface area contributed by atoms with Gasteiger partial charge in [-0.3, -0.25) is 4.79 Å². The molecule has 110 valence electrons. The number of unbranched alkanes of at least 4 members (excludes halogenated alkanes) is 2. The van der Waals surface area contributed by atoms with E-state index < -0.39 is 0 Å². The molecule has 0 aromatic heterocycles. The minimum atomic E-state index is -0.00945. The molecule has 1 aromatic carbocycles. The van der Waals surface area contributed by atoms with Gasteiger partial charge in [-0.2, -0.15) is 0 Å². The molecule has 1 heterocycles. The molecular formula is C15H23N3O2. The van der Waals surface area contributed by atoms with E-state index in [0.717, 1.165) is 50.3 Å². The van der Waals surface area contributed by atoms with Gasteiger partial charge < -0.3 is 20.7 Å². The molecule has 0 spiro atoms. The molecular weight excluding hydrogens is 254 g/mol. The molecule has 2 rings (SSSR count). The fraction of sp³-hybridized carbons (Fsp3) is 0.533. The van der Waals surface area contributed by atoms with Crippen LogP contribution in [0.2, 0.25) is 0 Å². The Kier molecular flexibility index (Phi) is 5.68. The van der Waals surface area contributed by atoms with Crippen molar-refractivity contribution >= 4 is 17.3 Å². The van der Waals surface area contributed by atoms with Gasteiger partial charge in [-0.1, -0.05) is 6.07 Å². The molecule has 0 fully saturated rings. The third-order valence-corrected chi connectivity index (χ3v) is 3.36. The molecule has 3 N–H and O–H groups in total. The van der Waals surface area contributed by atoms with Crippen LogP contribution in [-0.2, 0) is 4.74 Å². The van der Waals surface area contributed by atoms with Gasteiger partial charge in [-0.05, 0) is 31.4 Å². The van der Waals surface area contributed by atoms with Crippen LogP contribution in [0.25, 0.3) is 0 Å². The molecule has 1 aliphatic heterocycles. The van der Waals surface area contributed by atoms with Crippen molar-refractivity contribution in [3.05, 3.63) is 23.8 Å². The highest BCUT2D eigenvalue weighted by molar-refractivity contribution is 6.02. The summed E-state index contributed by atoms with van der Waals surface area (Å²) in [5.74, 6) is -0.00945. The van der Waals surface area contributed by atoms with Gasteiger partial charge in [-0.15, -0.1) is 0 Å². The monoisotopic (exact) mass is 277 g/mol. The van der Waals surface area contributed by atoms with E-state index in [2.05, 4.69) is 16.0 Å². The van der Waals surface area contributed by atoms with Crippen molar-refractivity contribution in [2.75, 3.05) is 44.0 Å². The van der Waals surface area contributed by atoms with Crippen molar-refractivity contribution in [3.63, 3.8) is 0 Å². The highest BCUT2D eigenvalue weighted by Crippen LogP contribution is 2.28. The second-order valence-corrected chi connectivity index (χ2v) is 4.89. The van der Waals surface area contributed by atoms with E-state index in [1.54, 1.807) is 7.11 Å². The first-order valence-electron chi connectivity index (χ1n) is 7.21. The molecule has 1 aromatic rings. The Hall–Kier alpha value is -1.75. The molecule has 5 nitrogen and oxygen atoms in total. The summed E-state index contributed by atoms with van der Waals surface area (Å²) in [5, 5.41) is 9.56. The summed E-state index contributed by atoms with van der Waals surface area (Å²) in [5.41, 5.74) is 2.63. The van der Waals surface area contributed by atoms with E-state index in [1.807, 2.05) is 18.2 Å². The maximum absolute atomic E-state index is 12.2. The second-order valence-electron chi connectivity index (χ2n) is 4.89. The predicted molar refractivity (Wildman–Crippen MR) is 81.5 cm³/mol. The molecule has 0 atom stereocenters. The van der Waals surface area contributed by atoms with Crippen molar-refractivity contribution in [1.82, 2.24) is 5.32 Å². The van der Waals surface area contributed by atoms with Gasteiger partial charge in [0.25, 0.3) is 5.91 Å². The number of fused-ring (bicyclic) bond motifs is 1. The number of hydrogen-bond donors (Lipinski definition) is 3. The Morgan fingerprint density at radius 3 is 2.95 bits per heavy atom. The van der Waals surface area contributed by atoms with Crippen LogP contribution in [0.15, 0.2) is 18.2 Å². The quantitative estimate of drug-likeness (QED) is 0.668. The fourth-order valence-corrected chi connectivity index (χ4v) is 2.31. The van der Waals surface area contributed by atoms with Crippen LogP contribution in [0.4, 0.5) is 11.4 Å². The summed E-state index contributed by atoms with van der Waals surface area (Å²) in [7, 11) is 1.71. The molecule has 1 aliphatic rings. The topological polar surface area (TPSA) is 62.4 Å². The smallest absolute Gasteiger partial charge is 0.253 e. The molecule has 1 amide bonds. The molecule has 0 aliphatic carbocycles. The fourth-order valence-electron chi connectivity index (χ4n) is 2.31. The molecule has 0 bridgehead atoms. The zero-order valence-electron chi connectivity index (χ0n) is 12.0. The van der Waals surface area contributed by atoms with E-state index in [0.29, 0.717) is 12.1 Å². The number of ether oxygens (including phenoxy) is 1. The van der Waals surface area contributed by atoms with Crippen LogP contribution in [0.3, 0.4) is 0 Å². The first kappa shape index (κ1) is 14.7. The number of hydrogen-bond acceptors (Lipinski definition) is 4. The number of benzene rings is 1. The number of anilines is 2. The number of methoxy groups -OCH3 is 1. The van der Waals surface area contributed by atoms with Gasteiger partial charge in [0.2, 0.25) is 0 Å². The summed E-state index contributed by atoms with van der Waals surface area (Å²) >= 11 is 0. The molecule has 0 radical (unpaired) electrons. The lowest BCUT2D eigenvalue weighted by Gasteiger charge is -2.22. The number of para-hydroxylation sites is 1. The molecule has 5 heteroatoms. The van der Waals surface area contributed by atoms with Gasteiger partial charge >= 0.3 is 0 Å². The molecule has 0 unspecified atom stereocenters. The van der Waals surface area contributed by atoms with E-state index in [4.69, 9.17) is 4.74 Å². The van der Waals surface area contributed by atoms with Crippen molar-refractivity contribution in [2.45, 2.75) is 19.3 Å². The Bertz CT molecular complexity index is 449. The summed E-state index contributed by atoms with van der Waals surface area (Å²) in [6.07, 6.45) is 3.09. The summed E-state index contributed by atoms with van der Waals surface area (Å²) in [6.45, 7) is 3.22. The Morgan fingerprint density at radius 1 is 1.25 bits per heavy atom. The van der Waals surface area contributed by atoms with E-state index in [9.17, 15) is 4.79 Å². The normalized spacial score (nSPS) is 13.1. The highest BCUT2D eigenvalue weighted by Gasteiger charge is 2.16. The van der Waals surface area contributed by atoms with Crippen molar-refractivity contribution < 1.29 is 9.53 Å². The zero-order chi connectivity index (χ0) is 14.2. The van der Waals surface area contributed by atoms with Crippen molar-refractivity contribution in [2.24, 2.45) is 0 Å². The second kappa shape index (κ2) is 7.75. The SMILES string of the molecule is COCCCCCNC(=O)c1cccc2c1NCCN2. The lowest BCUT2D eigenvalue weighted by Crippen LogP contribution is -2.28. The number of rotatable bonds is 7. The summed E-state index contributed by atoms with van der Waals surface area (Å²) < 4.78 is 5.00. The largest absolute Gasteiger partial charge is 0.385 e. The van der Waals surface area contributed by atoms with Crippen LogP contribution in [-0.4, -0.2) is 39.3 Å². The van der Waals surface area contributed by atoms with Crippen LogP contribution in [0.1, 0.15) is 29.6 Å². The van der Waals surface area contributed by atoms with Crippen LogP contribution in [0.5, 0.6) is 0 Å². The molecule has 20 heavy (non-hydrogen) atoms. The number of carbonyl (C=O) groups excluding carboxylic acids is 1. The standard InChI is InChI=1S/C15H23N3O2/c1-20-11-4-2-3-8-18-15(19)12-6-5-7-13-14(12)17-10-9-16-13/h5-7,16-17H,2-4,8-11H2,1H3,(H,18,19). The van der Waals surface area contributed by atoms with Gasteiger partial charge in [0.05, 0.1) is 16.9 Å². The lowest BCUT2D eigenvalue weighted by atomic mass is 10.1. The van der Waals surface area contributed by atoms with E-state index in [-0.39, 0.29) is 5.91 Å². The van der Waals surface area contributed by atoms with Crippen LogP contribution in [0, 0.1) is 0 Å².